The fourth-order valence-corrected chi connectivity index (χ4v) is 2.85. The Morgan fingerprint density at radius 3 is 2.80 bits per heavy atom. The number of hydrogen-bond acceptors (Lipinski definition) is 5. The van der Waals surface area contributed by atoms with Gasteiger partial charge < -0.3 is 14.2 Å². The van der Waals surface area contributed by atoms with Crippen LogP contribution in [0.3, 0.4) is 0 Å². The van der Waals surface area contributed by atoms with E-state index >= 15 is 0 Å². The summed E-state index contributed by atoms with van der Waals surface area (Å²) >= 11 is 0. The Labute approximate surface area is 146 Å². The van der Waals surface area contributed by atoms with E-state index in [0.29, 0.717) is 19.8 Å². The highest BCUT2D eigenvalue weighted by molar-refractivity contribution is 6.02. The number of hydrazone groups is 1. The maximum atomic E-state index is 12.1. The van der Waals surface area contributed by atoms with Gasteiger partial charge in [0, 0.05) is 5.56 Å². The first-order valence-electron chi connectivity index (χ1n) is 8.36. The molecule has 0 atom stereocenters. The quantitative estimate of drug-likeness (QED) is 0.647. The molecule has 1 aliphatic rings. The zero-order valence-electron chi connectivity index (χ0n) is 14.5. The first-order chi connectivity index (χ1) is 12.1. The molecular weight excluding hydrogens is 320 g/mol. The molecule has 132 valence electrons. The van der Waals surface area contributed by atoms with Crippen molar-refractivity contribution in [3.63, 3.8) is 0 Å². The summed E-state index contributed by atoms with van der Waals surface area (Å²) in [6.07, 6.45) is 1.71. The molecule has 6 heteroatoms. The minimum atomic E-state index is -0.866. The Morgan fingerprint density at radius 1 is 1.28 bits per heavy atom. The zero-order valence-corrected chi connectivity index (χ0v) is 14.5. The fourth-order valence-electron chi connectivity index (χ4n) is 2.85. The monoisotopic (exact) mass is 342 g/mol. The van der Waals surface area contributed by atoms with E-state index < -0.39 is 5.79 Å². The van der Waals surface area contributed by atoms with Gasteiger partial charge in [-0.05, 0) is 30.7 Å². The van der Waals surface area contributed by atoms with E-state index in [2.05, 4.69) is 10.5 Å². The Hall–Kier alpha value is -2.44. The topological polar surface area (TPSA) is 69.2 Å². The van der Waals surface area contributed by atoms with Gasteiger partial charge in [-0.2, -0.15) is 5.10 Å². The largest absolute Gasteiger partial charge is 0.493 e. The highest BCUT2D eigenvalue weighted by Crippen LogP contribution is 2.27. The molecule has 1 amide bonds. The van der Waals surface area contributed by atoms with Crippen LogP contribution in [0.5, 0.6) is 5.75 Å². The summed E-state index contributed by atoms with van der Waals surface area (Å²) in [7, 11) is 0. The van der Waals surface area contributed by atoms with Crippen LogP contribution >= 0.6 is 0 Å². The van der Waals surface area contributed by atoms with E-state index in [1.165, 1.54) is 0 Å². The molecule has 0 saturated carbocycles. The minimum Gasteiger partial charge on any atom is -0.493 e. The van der Waals surface area contributed by atoms with E-state index in [1.807, 2.05) is 43.3 Å². The third kappa shape index (κ3) is 4.15. The average molecular weight is 342 g/mol. The average Bonchev–Trinajstić information content (AvgIpc) is 3.02. The third-order valence-electron chi connectivity index (χ3n) is 3.99. The molecular formula is C19H22N2O4. The molecule has 2 aromatic carbocycles. The number of carbonyl (C=O) groups is 1. The summed E-state index contributed by atoms with van der Waals surface area (Å²) in [6.45, 7) is 5.24. The molecule has 0 radical (unpaired) electrons. The molecule has 0 aliphatic carbocycles. The second-order valence-corrected chi connectivity index (χ2v) is 5.93. The molecule has 0 bridgehead atoms. The molecule has 1 N–H and O–H groups in total. The molecule has 1 saturated heterocycles. The molecule has 0 spiro atoms. The van der Waals surface area contributed by atoms with Crippen LogP contribution in [-0.4, -0.2) is 37.7 Å². The van der Waals surface area contributed by atoms with Gasteiger partial charge in [-0.15, -0.1) is 0 Å². The number of carbonyl (C=O) groups excluding carboxylic acids is 1. The Morgan fingerprint density at radius 2 is 2.04 bits per heavy atom. The molecule has 2 aromatic rings. The normalized spacial score (nSPS) is 16.4. The first kappa shape index (κ1) is 17.4. The second kappa shape index (κ2) is 7.63. The fraction of sp³-hybridized carbons (Fsp3) is 0.368. The summed E-state index contributed by atoms with van der Waals surface area (Å²) < 4.78 is 16.5. The van der Waals surface area contributed by atoms with Gasteiger partial charge >= 0.3 is 0 Å². The molecule has 3 rings (SSSR count). The van der Waals surface area contributed by atoms with Gasteiger partial charge in [-0.25, -0.2) is 5.43 Å². The van der Waals surface area contributed by atoms with E-state index in [-0.39, 0.29) is 12.3 Å². The van der Waals surface area contributed by atoms with Crippen LogP contribution < -0.4 is 10.2 Å². The van der Waals surface area contributed by atoms with Crippen molar-refractivity contribution in [2.24, 2.45) is 5.10 Å². The van der Waals surface area contributed by atoms with Crippen LogP contribution in [0.1, 0.15) is 25.8 Å². The highest BCUT2D eigenvalue weighted by Gasteiger charge is 2.33. The SMILES string of the molecule is CCOc1ccc2ccccc2c1/C=N\NC(=O)CC1(C)OCCO1. The van der Waals surface area contributed by atoms with Gasteiger partial charge in [0.2, 0.25) is 5.91 Å². The number of hydrogen-bond donors (Lipinski definition) is 1. The Balaban J connectivity index is 1.75. The number of benzene rings is 2. The van der Waals surface area contributed by atoms with E-state index in [1.54, 1.807) is 13.1 Å². The maximum Gasteiger partial charge on any atom is 0.245 e. The van der Waals surface area contributed by atoms with Crippen molar-refractivity contribution in [3.05, 3.63) is 42.0 Å². The second-order valence-electron chi connectivity index (χ2n) is 5.93. The van der Waals surface area contributed by atoms with Gasteiger partial charge in [0.1, 0.15) is 5.75 Å². The standard InChI is InChI=1S/C19H22N2O4/c1-3-23-17-9-8-14-6-4-5-7-15(14)16(17)13-20-21-18(22)12-19(2)24-10-11-25-19/h4-9,13H,3,10-12H2,1-2H3,(H,21,22)/b20-13-. The molecule has 1 heterocycles. The first-order valence-corrected chi connectivity index (χ1v) is 8.36. The summed E-state index contributed by atoms with van der Waals surface area (Å²) in [4.78, 5) is 12.1. The Kier molecular flexibility index (Phi) is 5.31. The Bertz CT molecular complexity index is 782. The van der Waals surface area contributed by atoms with Crippen molar-refractivity contribution < 1.29 is 19.0 Å². The lowest BCUT2D eigenvalue weighted by molar-refractivity contribution is -0.159. The summed E-state index contributed by atoms with van der Waals surface area (Å²) in [5.74, 6) is -0.400. The van der Waals surface area contributed by atoms with Crippen LogP contribution in [0.2, 0.25) is 0 Å². The summed E-state index contributed by atoms with van der Waals surface area (Å²) in [6, 6.07) is 11.9. The molecule has 6 nitrogen and oxygen atoms in total. The summed E-state index contributed by atoms with van der Waals surface area (Å²) in [5.41, 5.74) is 3.37. The zero-order chi connectivity index (χ0) is 17.7. The van der Waals surface area contributed by atoms with E-state index in [4.69, 9.17) is 14.2 Å². The van der Waals surface area contributed by atoms with Crippen LogP contribution in [-0.2, 0) is 14.3 Å². The molecule has 25 heavy (non-hydrogen) atoms. The van der Waals surface area contributed by atoms with Crippen molar-refractivity contribution in [1.82, 2.24) is 5.43 Å². The summed E-state index contributed by atoms with van der Waals surface area (Å²) in [5, 5.41) is 6.19. The van der Waals surface area contributed by atoms with Crippen molar-refractivity contribution in [3.8, 4) is 5.75 Å². The van der Waals surface area contributed by atoms with Crippen molar-refractivity contribution in [1.29, 1.82) is 0 Å². The lowest BCUT2D eigenvalue weighted by atomic mass is 10.0. The van der Waals surface area contributed by atoms with Crippen LogP contribution in [0.4, 0.5) is 0 Å². The number of rotatable bonds is 6. The smallest absolute Gasteiger partial charge is 0.245 e. The van der Waals surface area contributed by atoms with Gasteiger partial charge in [0.15, 0.2) is 5.79 Å². The number of ether oxygens (including phenoxy) is 3. The maximum absolute atomic E-state index is 12.1. The lowest BCUT2D eigenvalue weighted by Crippen LogP contribution is -2.33. The van der Waals surface area contributed by atoms with E-state index in [0.717, 1.165) is 22.1 Å². The number of fused-ring (bicyclic) bond motifs is 1. The molecule has 1 fully saturated rings. The van der Waals surface area contributed by atoms with Gasteiger partial charge in [0.25, 0.3) is 0 Å². The number of amides is 1. The van der Waals surface area contributed by atoms with Gasteiger partial charge in [0.05, 0.1) is 32.5 Å². The predicted octanol–water partition coefficient (Wildman–Crippen LogP) is 2.84. The van der Waals surface area contributed by atoms with Crippen LogP contribution in [0, 0.1) is 0 Å². The predicted molar refractivity (Wildman–Crippen MR) is 95.8 cm³/mol. The third-order valence-corrected chi connectivity index (χ3v) is 3.99. The molecule has 0 unspecified atom stereocenters. The lowest BCUT2D eigenvalue weighted by Gasteiger charge is -2.20. The van der Waals surface area contributed by atoms with E-state index in [9.17, 15) is 4.79 Å². The van der Waals surface area contributed by atoms with Crippen molar-refractivity contribution in [2.75, 3.05) is 19.8 Å². The van der Waals surface area contributed by atoms with Gasteiger partial charge in [-0.1, -0.05) is 30.3 Å². The van der Waals surface area contributed by atoms with Crippen LogP contribution in [0.15, 0.2) is 41.5 Å². The molecule has 1 aliphatic heterocycles. The molecule has 0 aromatic heterocycles. The van der Waals surface area contributed by atoms with Crippen LogP contribution in [0.25, 0.3) is 10.8 Å². The number of nitrogens with zero attached hydrogens (tertiary/aromatic N) is 1. The highest BCUT2D eigenvalue weighted by atomic mass is 16.7. The number of nitrogens with one attached hydrogen (secondary N) is 1. The minimum absolute atomic E-state index is 0.0954. The van der Waals surface area contributed by atoms with Crippen molar-refractivity contribution >= 4 is 22.9 Å². The van der Waals surface area contributed by atoms with Gasteiger partial charge in [-0.3, -0.25) is 4.79 Å². The van der Waals surface area contributed by atoms with Crippen molar-refractivity contribution in [2.45, 2.75) is 26.1 Å².